The molecule has 84 valence electrons. The predicted octanol–water partition coefficient (Wildman–Crippen LogP) is 2.19. The molecule has 0 unspecified atom stereocenters. The fourth-order valence-corrected chi connectivity index (χ4v) is 1.42. The number of methoxy groups -OCH3 is 2. The minimum atomic E-state index is -0.318. The second kappa shape index (κ2) is 9.16. The summed E-state index contributed by atoms with van der Waals surface area (Å²) in [6, 6.07) is 0. The molecule has 0 heterocycles. The summed E-state index contributed by atoms with van der Waals surface area (Å²) < 4.78 is 10.3. The molecular formula is C11H22O3. The predicted molar refractivity (Wildman–Crippen MR) is 56.4 cm³/mol. The Labute approximate surface area is 86.8 Å². The van der Waals surface area contributed by atoms with Crippen molar-refractivity contribution in [3.05, 3.63) is 0 Å². The third-order valence-electron chi connectivity index (χ3n) is 2.41. The number of hydrogen-bond acceptors (Lipinski definition) is 3. The van der Waals surface area contributed by atoms with Crippen molar-refractivity contribution in [2.24, 2.45) is 0 Å². The van der Waals surface area contributed by atoms with Crippen molar-refractivity contribution in [1.29, 1.82) is 0 Å². The summed E-state index contributed by atoms with van der Waals surface area (Å²) in [5, 5.41) is 0. The van der Waals surface area contributed by atoms with Crippen LogP contribution in [-0.2, 0) is 14.3 Å². The summed E-state index contributed by atoms with van der Waals surface area (Å²) in [4.78, 5) is 10.5. The van der Waals surface area contributed by atoms with E-state index < -0.39 is 0 Å². The average Bonchev–Trinajstić information content (AvgIpc) is 2.23. The normalized spacial score (nSPS) is 15.1. The molecule has 0 aliphatic rings. The largest absolute Gasteiger partial charge is 0.381 e. The van der Waals surface area contributed by atoms with Crippen molar-refractivity contribution in [2.75, 3.05) is 14.2 Å². The topological polar surface area (TPSA) is 35.5 Å². The summed E-state index contributed by atoms with van der Waals surface area (Å²) in [6.07, 6.45) is 5.93. The van der Waals surface area contributed by atoms with Gasteiger partial charge in [0, 0.05) is 20.6 Å². The van der Waals surface area contributed by atoms with Gasteiger partial charge in [-0.2, -0.15) is 0 Å². The van der Waals surface area contributed by atoms with Crippen molar-refractivity contribution in [1.82, 2.24) is 0 Å². The van der Waals surface area contributed by atoms with Gasteiger partial charge in [0.1, 0.15) is 12.4 Å². The summed E-state index contributed by atoms with van der Waals surface area (Å²) in [5.41, 5.74) is 0. The van der Waals surface area contributed by atoms with Crippen LogP contribution in [0, 0.1) is 0 Å². The Morgan fingerprint density at radius 3 is 2.36 bits per heavy atom. The van der Waals surface area contributed by atoms with E-state index >= 15 is 0 Å². The number of unbranched alkanes of at least 4 members (excludes halogenated alkanes) is 2. The molecule has 0 spiro atoms. The smallest absolute Gasteiger partial charge is 0.148 e. The molecule has 0 aromatic rings. The zero-order valence-electron chi connectivity index (χ0n) is 9.49. The molecule has 0 saturated carbocycles. The molecule has 0 bridgehead atoms. The van der Waals surface area contributed by atoms with Gasteiger partial charge in [0.2, 0.25) is 0 Å². The quantitative estimate of drug-likeness (QED) is 0.424. The molecule has 0 amide bonds. The molecule has 0 rings (SSSR count). The molecule has 0 N–H and O–H groups in total. The summed E-state index contributed by atoms with van der Waals surface area (Å²) >= 11 is 0. The third kappa shape index (κ3) is 6.11. The highest BCUT2D eigenvalue weighted by molar-refractivity contribution is 5.55. The number of hydrogen-bond donors (Lipinski definition) is 0. The van der Waals surface area contributed by atoms with E-state index in [1.54, 1.807) is 14.2 Å². The van der Waals surface area contributed by atoms with Crippen LogP contribution in [0.1, 0.15) is 39.0 Å². The number of aldehydes is 1. The number of carbonyl (C=O) groups is 1. The van der Waals surface area contributed by atoms with E-state index in [2.05, 4.69) is 6.92 Å². The first-order valence-corrected chi connectivity index (χ1v) is 5.29. The summed E-state index contributed by atoms with van der Waals surface area (Å²) in [7, 11) is 3.24. The number of rotatable bonds is 9. The van der Waals surface area contributed by atoms with Gasteiger partial charge in [0.15, 0.2) is 0 Å². The molecule has 0 fully saturated rings. The van der Waals surface area contributed by atoms with Crippen LogP contribution in [-0.4, -0.2) is 32.7 Å². The maximum Gasteiger partial charge on any atom is 0.148 e. The van der Waals surface area contributed by atoms with Crippen LogP contribution in [0.25, 0.3) is 0 Å². The monoisotopic (exact) mass is 202 g/mol. The van der Waals surface area contributed by atoms with Crippen molar-refractivity contribution in [3.63, 3.8) is 0 Å². The lowest BCUT2D eigenvalue weighted by atomic mass is 10.1. The maximum absolute atomic E-state index is 10.5. The minimum absolute atomic E-state index is 0.150. The lowest BCUT2D eigenvalue weighted by molar-refractivity contribution is -0.118. The second-order valence-corrected chi connectivity index (χ2v) is 3.50. The Hall–Kier alpha value is -0.410. The van der Waals surface area contributed by atoms with E-state index in [1.165, 1.54) is 12.8 Å². The van der Waals surface area contributed by atoms with E-state index in [4.69, 9.17) is 9.47 Å². The van der Waals surface area contributed by atoms with Crippen LogP contribution >= 0.6 is 0 Å². The van der Waals surface area contributed by atoms with Gasteiger partial charge in [0.25, 0.3) is 0 Å². The fraction of sp³-hybridized carbons (Fsp3) is 0.909. The van der Waals surface area contributed by atoms with Crippen LogP contribution in [0.3, 0.4) is 0 Å². The lowest BCUT2D eigenvalue weighted by Gasteiger charge is -2.17. The van der Waals surface area contributed by atoms with Crippen LogP contribution < -0.4 is 0 Å². The molecule has 14 heavy (non-hydrogen) atoms. The number of ether oxygens (including phenoxy) is 2. The van der Waals surface area contributed by atoms with Gasteiger partial charge < -0.3 is 14.3 Å². The van der Waals surface area contributed by atoms with Gasteiger partial charge in [-0.05, 0) is 6.42 Å². The first kappa shape index (κ1) is 13.6. The van der Waals surface area contributed by atoms with E-state index in [0.717, 1.165) is 19.1 Å². The highest BCUT2D eigenvalue weighted by Gasteiger charge is 2.14. The SMILES string of the molecule is CCCCC[C@H](C[C@H](C=O)OC)OC. The van der Waals surface area contributed by atoms with Crippen LogP contribution in [0.5, 0.6) is 0 Å². The molecular weight excluding hydrogens is 180 g/mol. The van der Waals surface area contributed by atoms with Gasteiger partial charge in [-0.1, -0.05) is 26.2 Å². The summed E-state index contributed by atoms with van der Waals surface area (Å²) in [6.45, 7) is 2.17. The highest BCUT2D eigenvalue weighted by Crippen LogP contribution is 2.12. The van der Waals surface area contributed by atoms with E-state index in [-0.39, 0.29) is 12.2 Å². The average molecular weight is 202 g/mol. The van der Waals surface area contributed by atoms with Gasteiger partial charge >= 0.3 is 0 Å². The van der Waals surface area contributed by atoms with Gasteiger partial charge in [-0.3, -0.25) is 0 Å². The maximum atomic E-state index is 10.5. The Kier molecular flexibility index (Phi) is 8.89. The van der Waals surface area contributed by atoms with E-state index in [1.807, 2.05) is 0 Å². The Balaban J connectivity index is 3.70. The van der Waals surface area contributed by atoms with Gasteiger partial charge in [0.05, 0.1) is 6.10 Å². The lowest BCUT2D eigenvalue weighted by Crippen LogP contribution is -2.22. The zero-order chi connectivity index (χ0) is 10.8. The molecule has 0 aromatic carbocycles. The summed E-state index contributed by atoms with van der Waals surface area (Å²) in [5.74, 6) is 0. The molecule has 0 aromatic heterocycles. The van der Waals surface area contributed by atoms with Crippen LogP contribution in [0.15, 0.2) is 0 Å². The van der Waals surface area contributed by atoms with Crippen molar-refractivity contribution in [3.8, 4) is 0 Å². The standard InChI is InChI=1S/C11H22O3/c1-4-5-6-7-10(13-2)8-11(9-12)14-3/h9-11H,4-8H2,1-3H3/t10-,11-/m1/s1. The number of carbonyl (C=O) groups excluding carboxylic acids is 1. The molecule has 0 aliphatic carbocycles. The van der Waals surface area contributed by atoms with E-state index in [9.17, 15) is 4.79 Å². The van der Waals surface area contributed by atoms with Crippen molar-refractivity contribution < 1.29 is 14.3 Å². The zero-order valence-corrected chi connectivity index (χ0v) is 9.49. The molecule has 0 aliphatic heterocycles. The first-order valence-electron chi connectivity index (χ1n) is 5.29. The highest BCUT2D eigenvalue weighted by atomic mass is 16.5. The van der Waals surface area contributed by atoms with Gasteiger partial charge in [-0.15, -0.1) is 0 Å². The third-order valence-corrected chi connectivity index (χ3v) is 2.41. The van der Waals surface area contributed by atoms with Crippen molar-refractivity contribution in [2.45, 2.75) is 51.2 Å². The molecule has 0 saturated heterocycles. The Morgan fingerprint density at radius 1 is 1.21 bits per heavy atom. The molecule has 0 radical (unpaired) electrons. The Morgan fingerprint density at radius 2 is 1.93 bits per heavy atom. The second-order valence-electron chi connectivity index (χ2n) is 3.50. The molecule has 2 atom stereocenters. The van der Waals surface area contributed by atoms with Gasteiger partial charge in [-0.25, -0.2) is 0 Å². The molecule has 3 nitrogen and oxygen atoms in total. The van der Waals surface area contributed by atoms with E-state index in [0.29, 0.717) is 6.42 Å². The van der Waals surface area contributed by atoms with Crippen LogP contribution in [0.4, 0.5) is 0 Å². The first-order chi connectivity index (χ1) is 6.78. The van der Waals surface area contributed by atoms with Crippen molar-refractivity contribution >= 4 is 6.29 Å². The minimum Gasteiger partial charge on any atom is -0.381 e. The molecule has 3 heteroatoms. The Bertz CT molecular complexity index is 136. The fourth-order valence-electron chi connectivity index (χ4n) is 1.42. The van der Waals surface area contributed by atoms with Crippen LogP contribution in [0.2, 0.25) is 0 Å².